The van der Waals surface area contributed by atoms with E-state index in [1.165, 1.54) is 17.8 Å². The minimum absolute atomic E-state index is 0.0378. The van der Waals surface area contributed by atoms with Crippen molar-refractivity contribution in [1.29, 1.82) is 0 Å². The lowest BCUT2D eigenvalue weighted by Crippen LogP contribution is -2.14. The van der Waals surface area contributed by atoms with E-state index in [2.05, 4.69) is 10.3 Å². The second-order valence-electron chi connectivity index (χ2n) is 5.75. The highest BCUT2D eigenvalue weighted by Crippen LogP contribution is 2.26. The zero-order valence-corrected chi connectivity index (χ0v) is 16.1. The maximum absolute atomic E-state index is 13.4. The van der Waals surface area contributed by atoms with Crippen LogP contribution in [0.3, 0.4) is 0 Å². The molecule has 1 heterocycles. The highest BCUT2D eigenvalue weighted by Gasteiger charge is 2.16. The van der Waals surface area contributed by atoms with Crippen LogP contribution in [0, 0.1) is 15.9 Å². The molecule has 0 spiro atoms. The number of nitro groups is 1. The van der Waals surface area contributed by atoms with E-state index in [1.807, 2.05) is 23.7 Å². The van der Waals surface area contributed by atoms with Gasteiger partial charge in [0.25, 0.3) is 0 Å². The van der Waals surface area contributed by atoms with Crippen molar-refractivity contribution in [3.05, 3.63) is 69.6 Å². The molecule has 10 heteroatoms. The average Bonchev–Trinajstić information content (AvgIpc) is 3.02. The molecule has 0 fully saturated rings. The van der Waals surface area contributed by atoms with Gasteiger partial charge in [-0.2, -0.15) is 4.39 Å². The Balaban J connectivity index is 1.65. The van der Waals surface area contributed by atoms with Crippen LogP contribution in [0.4, 0.5) is 15.8 Å². The first-order valence-electron chi connectivity index (χ1n) is 7.99. The maximum atomic E-state index is 13.4. The van der Waals surface area contributed by atoms with Gasteiger partial charge in [0.05, 0.1) is 22.6 Å². The number of amides is 1. The Morgan fingerprint density at radius 1 is 1.32 bits per heavy atom. The topological polar surface area (TPSA) is 90.1 Å². The van der Waals surface area contributed by atoms with E-state index in [1.54, 1.807) is 18.3 Å². The van der Waals surface area contributed by atoms with E-state index in [9.17, 15) is 19.3 Å². The molecule has 144 valence electrons. The number of anilines is 1. The predicted octanol–water partition coefficient (Wildman–Crippen LogP) is 4.52. The second kappa shape index (κ2) is 8.41. The Morgan fingerprint density at radius 2 is 2.04 bits per heavy atom. The largest absolute Gasteiger partial charge is 0.325 e. The van der Waals surface area contributed by atoms with Crippen LogP contribution in [-0.2, 0) is 11.8 Å². The molecule has 0 radical (unpaired) electrons. The van der Waals surface area contributed by atoms with Gasteiger partial charge >= 0.3 is 5.69 Å². The predicted molar refractivity (Wildman–Crippen MR) is 106 cm³/mol. The number of rotatable bonds is 6. The fraction of sp³-hybridized carbons (Fsp3) is 0.111. The maximum Gasteiger partial charge on any atom is 0.306 e. The number of aromatic nitrogens is 2. The highest BCUT2D eigenvalue weighted by atomic mass is 35.5. The molecule has 1 amide bonds. The van der Waals surface area contributed by atoms with Gasteiger partial charge in [0, 0.05) is 23.8 Å². The van der Waals surface area contributed by atoms with Crippen molar-refractivity contribution in [3.8, 4) is 11.3 Å². The van der Waals surface area contributed by atoms with Gasteiger partial charge < -0.3 is 9.88 Å². The van der Waals surface area contributed by atoms with Gasteiger partial charge in [0.2, 0.25) is 11.7 Å². The number of halogens is 2. The quantitative estimate of drug-likeness (QED) is 0.359. The summed E-state index contributed by atoms with van der Waals surface area (Å²) in [6.45, 7) is 0. The minimum Gasteiger partial charge on any atom is -0.325 e. The molecule has 7 nitrogen and oxygen atoms in total. The highest BCUT2D eigenvalue weighted by molar-refractivity contribution is 7.99. The summed E-state index contributed by atoms with van der Waals surface area (Å²) in [6, 6.07) is 10.5. The molecule has 2 aromatic carbocycles. The number of nitrogens with zero attached hydrogens (tertiary/aromatic N) is 3. The lowest BCUT2D eigenvalue weighted by atomic mass is 10.2. The van der Waals surface area contributed by atoms with Crippen molar-refractivity contribution in [2.45, 2.75) is 5.16 Å². The number of hydrogen-bond acceptors (Lipinski definition) is 5. The number of carbonyl (C=O) groups excluding carboxylic acids is 1. The summed E-state index contributed by atoms with van der Waals surface area (Å²) < 4.78 is 15.2. The fourth-order valence-corrected chi connectivity index (χ4v) is 3.35. The van der Waals surface area contributed by atoms with E-state index < -0.39 is 16.4 Å². The van der Waals surface area contributed by atoms with Crippen molar-refractivity contribution in [2.75, 3.05) is 11.1 Å². The first kappa shape index (κ1) is 19.8. The summed E-state index contributed by atoms with van der Waals surface area (Å²) in [6.07, 6.45) is 1.70. The molecule has 1 N–H and O–H groups in total. The number of thioether (sulfide) groups is 1. The molecule has 0 bridgehead atoms. The molecule has 0 unspecified atom stereocenters. The van der Waals surface area contributed by atoms with Gasteiger partial charge in [-0.15, -0.1) is 0 Å². The standard InChI is InChI=1S/C18H14ClFN4O3S/c1-23-16(11-2-4-12(19)5-3-11)9-21-18(23)28-10-17(25)22-13-6-7-14(20)15(8-13)24(26)27/h2-9H,10H2,1H3,(H,22,25). The molecule has 0 aliphatic carbocycles. The van der Waals surface area contributed by atoms with Crippen LogP contribution in [0.25, 0.3) is 11.3 Å². The third kappa shape index (κ3) is 4.49. The molecule has 3 aromatic rings. The van der Waals surface area contributed by atoms with Gasteiger partial charge in [-0.05, 0) is 29.8 Å². The Morgan fingerprint density at radius 3 is 2.71 bits per heavy atom. The second-order valence-corrected chi connectivity index (χ2v) is 7.13. The summed E-state index contributed by atoms with van der Waals surface area (Å²) >= 11 is 7.11. The molecule has 1 aromatic heterocycles. The van der Waals surface area contributed by atoms with E-state index in [4.69, 9.17) is 11.6 Å². The van der Waals surface area contributed by atoms with E-state index >= 15 is 0 Å². The van der Waals surface area contributed by atoms with Crippen molar-refractivity contribution < 1.29 is 14.1 Å². The first-order valence-corrected chi connectivity index (χ1v) is 9.36. The van der Waals surface area contributed by atoms with Crippen molar-refractivity contribution in [3.63, 3.8) is 0 Å². The van der Waals surface area contributed by atoms with Crippen molar-refractivity contribution in [2.24, 2.45) is 7.05 Å². The molecule has 3 rings (SSSR count). The van der Waals surface area contributed by atoms with Gasteiger partial charge in [-0.1, -0.05) is 35.5 Å². The summed E-state index contributed by atoms with van der Waals surface area (Å²) in [7, 11) is 1.83. The van der Waals surface area contributed by atoms with Crippen LogP contribution in [0.5, 0.6) is 0 Å². The third-order valence-electron chi connectivity index (χ3n) is 3.84. The molecule has 0 saturated carbocycles. The third-order valence-corrected chi connectivity index (χ3v) is 5.14. The van der Waals surface area contributed by atoms with E-state index in [0.717, 1.165) is 23.4 Å². The Bertz CT molecular complexity index is 1040. The Kier molecular flexibility index (Phi) is 5.96. The fourth-order valence-electron chi connectivity index (χ4n) is 2.47. The van der Waals surface area contributed by atoms with Gasteiger partial charge in [-0.25, -0.2) is 4.98 Å². The van der Waals surface area contributed by atoms with Crippen LogP contribution in [0.2, 0.25) is 5.02 Å². The van der Waals surface area contributed by atoms with Crippen molar-refractivity contribution >= 4 is 40.6 Å². The number of hydrogen-bond donors (Lipinski definition) is 1. The molecular formula is C18H14ClFN4O3S. The zero-order chi connectivity index (χ0) is 20.3. The van der Waals surface area contributed by atoms with Crippen LogP contribution < -0.4 is 5.32 Å². The van der Waals surface area contributed by atoms with Gasteiger partial charge in [0.1, 0.15) is 0 Å². The molecule has 0 saturated heterocycles. The lowest BCUT2D eigenvalue weighted by Gasteiger charge is -2.07. The molecule has 28 heavy (non-hydrogen) atoms. The number of benzene rings is 2. The smallest absolute Gasteiger partial charge is 0.306 e. The summed E-state index contributed by atoms with van der Waals surface area (Å²) in [4.78, 5) is 26.4. The van der Waals surface area contributed by atoms with Crippen LogP contribution in [0.1, 0.15) is 0 Å². The summed E-state index contributed by atoms with van der Waals surface area (Å²) in [5.41, 5.74) is 1.27. The SMILES string of the molecule is Cn1c(-c2ccc(Cl)cc2)cnc1SCC(=O)Nc1ccc(F)c([N+](=O)[O-])c1. The minimum atomic E-state index is -0.958. The zero-order valence-electron chi connectivity index (χ0n) is 14.6. The lowest BCUT2D eigenvalue weighted by molar-refractivity contribution is -0.387. The van der Waals surface area contributed by atoms with Crippen LogP contribution in [0.15, 0.2) is 53.8 Å². The monoisotopic (exact) mass is 420 g/mol. The average molecular weight is 421 g/mol. The van der Waals surface area contributed by atoms with Crippen molar-refractivity contribution in [1.82, 2.24) is 9.55 Å². The van der Waals surface area contributed by atoms with E-state index in [-0.39, 0.29) is 17.3 Å². The first-order chi connectivity index (χ1) is 13.3. The normalized spacial score (nSPS) is 10.7. The van der Waals surface area contributed by atoms with Gasteiger partial charge in [-0.3, -0.25) is 14.9 Å². The molecule has 0 aliphatic heterocycles. The number of nitrogens with one attached hydrogen (secondary N) is 1. The van der Waals surface area contributed by atoms with Gasteiger partial charge in [0.15, 0.2) is 5.16 Å². The Hall–Kier alpha value is -2.91. The molecule has 0 atom stereocenters. The number of imidazole rings is 1. The molecular weight excluding hydrogens is 407 g/mol. The van der Waals surface area contributed by atoms with E-state index in [0.29, 0.717) is 10.2 Å². The number of carbonyl (C=O) groups is 1. The van der Waals surface area contributed by atoms with Crippen LogP contribution in [-0.4, -0.2) is 26.1 Å². The number of nitro benzene ring substituents is 1. The Labute approximate surface area is 168 Å². The summed E-state index contributed by atoms with van der Waals surface area (Å²) in [5, 5.41) is 14.6. The van der Waals surface area contributed by atoms with Crippen LogP contribution >= 0.6 is 23.4 Å². The molecule has 0 aliphatic rings. The summed E-state index contributed by atoms with van der Waals surface area (Å²) in [5.74, 6) is -1.31.